The van der Waals surface area contributed by atoms with Crippen LogP contribution in [0.25, 0.3) is 10.9 Å². The van der Waals surface area contributed by atoms with Gasteiger partial charge < -0.3 is 25.7 Å². The van der Waals surface area contributed by atoms with Crippen molar-refractivity contribution < 1.29 is 9.53 Å². The van der Waals surface area contributed by atoms with Crippen molar-refractivity contribution in [2.45, 2.75) is 6.67 Å². The van der Waals surface area contributed by atoms with Crippen LogP contribution in [0.1, 0.15) is 0 Å². The van der Waals surface area contributed by atoms with Crippen LogP contribution in [-0.2, 0) is 11.5 Å². The number of rotatable bonds is 8. The number of nitrogens with one attached hydrogen (secondary N) is 2. The first kappa shape index (κ1) is 20.0. The highest BCUT2D eigenvalue weighted by atomic mass is 16.5. The molecule has 4 aromatic rings. The Labute approximate surface area is 178 Å². The first-order chi connectivity index (χ1) is 15.1. The predicted molar refractivity (Wildman–Crippen MR) is 121 cm³/mol. The van der Waals surface area contributed by atoms with Gasteiger partial charge in [0.1, 0.15) is 12.4 Å². The average Bonchev–Trinajstić information content (AvgIpc) is 3.16. The molecule has 9 heteroatoms. The summed E-state index contributed by atoms with van der Waals surface area (Å²) in [5, 5.41) is 6.84. The normalized spacial score (nSPS) is 10.6. The zero-order valence-electron chi connectivity index (χ0n) is 16.7. The van der Waals surface area contributed by atoms with Gasteiger partial charge in [0.2, 0.25) is 17.7 Å². The highest BCUT2D eigenvalue weighted by Crippen LogP contribution is 2.26. The highest BCUT2D eigenvalue weighted by molar-refractivity contribution is 5.92. The van der Waals surface area contributed by atoms with Crippen LogP contribution >= 0.6 is 0 Å². The minimum Gasteiger partial charge on any atom is -0.439 e. The second kappa shape index (κ2) is 9.06. The number of nitrogens with zero attached hydrogens (tertiary/aromatic N) is 4. The third-order valence-corrected chi connectivity index (χ3v) is 4.44. The van der Waals surface area contributed by atoms with Gasteiger partial charge in [-0.2, -0.15) is 4.98 Å². The first-order valence-corrected chi connectivity index (χ1v) is 9.54. The molecule has 0 saturated heterocycles. The molecule has 4 N–H and O–H groups in total. The monoisotopic (exact) mass is 415 g/mol. The molecule has 0 aliphatic carbocycles. The average molecular weight is 415 g/mol. The number of fused-ring (bicyclic) bond motifs is 1. The Morgan fingerprint density at radius 2 is 2.03 bits per heavy atom. The Balaban J connectivity index is 1.49. The largest absolute Gasteiger partial charge is 0.439 e. The summed E-state index contributed by atoms with van der Waals surface area (Å²) in [6.07, 6.45) is 3.56. The minimum atomic E-state index is -0.267. The maximum Gasteiger partial charge on any atom is 0.238 e. The maximum atomic E-state index is 11.5. The molecular formula is C22H21N7O2. The fourth-order valence-electron chi connectivity index (χ4n) is 3.07. The zero-order chi connectivity index (χ0) is 21.6. The third-order valence-electron chi connectivity index (χ3n) is 4.44. The van der Waals surface area contributed by atoms with Gasteiger partial charge in [0.15, 0.2) is 0 Å². The standard InChI is InChI=1S/C22H21N7O2/c1-24-14-29-10-8-15-11-18(5-6-19(15)29)31-21-7-9-25-22(28-21)27-17-4-2-3-16(12-17)26-20(30)13-23/h2-12H,1,13-14,23H2,(H,26,30)(H,25,27,28). The molecule has 0 aliphatic heterocycles. The quantitative estimate of drug-likeness (QED) is 0.379. The van der Waals surface area contributed by atoms with Gasteiger partial charge in [0, 0.05) is 40.7 Å². The van der Waals surface area contributed by atoms with E-state index in [-0.39, 0.29) is 12.5 Å². The van der Waals surface area contributed by atoms with E-state index in [0.29, 0.717) is 35.6 Å². The number of carbonyl (C=O) groups excluding carboxylic acids is 1. The molecule has 0 fully saturated rings. The number of hydrogen-bond donors (Lipinski definition) is 3. The molecule has 2 heterocycles. The van der Waals surface area contributed by atoms with Crippen LogP contribution in [0.15, 0.2) is 72.0 Å². The molecule has 2 aromatic heterocycles. The summed E-state index contributed by atoms with van der Waals surface area (Å²) in [6, 6.07) is 16.6. The Kier molecular flexibility index (Phi) is 5.86. The maximum absolute atomic E-state index is 11.5. The lowest BCUT2D eigenvalue weighted by molar-refractivity contribution is -0.114. The molecule has 1 amide bonds. The molecule has 31 heavy (non-hydrogen) atoms. The van der Waals surface area contributed by atoms with Gasteiger partial charge >= 0.3 is 0 Å². The molecule has 0 radical (unpaired) electrons. The number of hydrogen-bond acceptors (Lipinski definition) is 7. The number of ether oxygens (including phenoxy) is 1. The predicted octanol–water partition coefficient (Wildman–Crippen LogP) is 3.52. The van der Waals surface area contributed by atoms with Gasteiger partial charge in [-0.25, -0.2) is 4.98 Å². The summed E-state index contributed by atoms with van der Waals surface area (Å²) in [5.41, 5.74) is 7.72. The van der Waals surface area contributed by atoms with E-state index in [9.17, 15) is 4.79 Å². The number of aromatic nitrogens is 3. The topological polar surface area (TPSA) is 119 Å². The van der Waals surface area contributed by atoms with E-state index in [4.69, 9.17) is 10.5 Å². The van der Waals surface area contributed by atoms with E-state index in [1.165, 1.54) is 0 Å². The Bertz CT molecular complexity index is 1240. The lowest BCUT2D eigenvalue weighted by Crippen LogP contribution is -2.21. The molecule has 0 saturated carbocycles. The van der Waals surface area contributed by atoms with E-state index in [1.807, 2.05) is 41.1 Å². The highest BCUT2D eigenvalue weighted by Gasteiger charge is 2.07. The van der Waals surface area contributed by atoms with Gasteiger partial charge in [-0.3, -0.25) is 9.79 Å². The van der Waals surface area contributed by atoms with Crippen molar-refractivity contribution in [3.05, 3.63) is 67.0 Å². The Hall–Kier alpha value is -4.24. The SMILES string of the molecule is C=NCn1ccc2cc(Oc3ccnc(Nc4cccc(NC(=O)CN)c4)n3)ccc21. The fraction of sp³-hybridized carbons (Fsp3) is 0.0909. The van der Waals surface area contributed by atoms with Crippen molar-refractivity contribution in [3.8, 4) is 11.6 Å². The van der Waals surface area contributed by atoms with E-state index in [1.54, 1.807) is 30.5 Å². The molecule has 2 aromatic carbocycles. The molecule has 0 bridgehead atoms. The molecule has 0 atom stereocenters. The van der Waals surface area contributed by atoms with Crippen LogP contribution < -0.4 is 21.1 Å². The van der Waals surface area contributed by atoms with Crippen LogP contribution in [-0.4, -0.2) is 33.7 Å². The smallest absolute Gasteiger partial charge is 0.238 e. The Morgan fingerprint density at radius 3 is 2.87 bits per heavy atom. The minimum absolute atomic E-state index is 0.0815. The van der Waals surface area contributed by atoms with Crippen molar-refractivity contribution in [1.82, 2.24) is 14.5 Å². The third kappa shape index (κ3) is 4.85. The van der Waals surface area contributed by atoms with Gasteiger partial charge in [-0.1, -0.05) is 6.07 Å². The summed E-state index contributed by atoms with van der Waals surface area (Å²) < 4.78 is 7.92. The van der Waals surface area contributed by atoms with Crippen molar-refractivity contribution >= 4 is 40.9 Å². The van der Waals surface area contributed by atoms with Gasteiger partial charge in [0.05, 0.1) is 6.54 Å². The zero-order valence-corrected chi connectivity index (χ0v) is 16.7. The molecule has 0 spiro atoms. The molecule has 156 valence electrons. The Morgan fingerprint density at radius 1 is 1.16 bits per heavy atom. The van der Waals surface area contributed by atoms with Crippen molar-refractivity contribution in [1.29, 1.82) is 0 Å². The number of amides is 1. The fourth-order valence-corrected chi connectivity index (χ4v) is 3.07. The summed E-state index contributed by atoms with van der Waals surface area (Å²) in [5.74, 6) is 1.16. The van der Waals surface area contributed by atoms with Crippen LogP contribution in [0.2, 0.25) is 0 Å². The first-order valence-electron chi connectivity index (χ1n) is 9.54. The van der Waals surface area contributed by atoms with Crippen LogP contribution in [0.3, 0.4) is 0 Å². The molecule has 4 rings (SSSR count). The second-order valence-electron chi connectivity index (χ2n) is 6.65. The summed E-state index contributed by atoms with van der Waals surface area (Å²) >= 11 is 0. The number of carbonyl (C=O) groups is 1. The summed E-state index contributed by atoms with van der Waals surface area (Å²) in [7, 11) is 0. The van der Waals surface area contributed by atoms with Gasteiger partial charge in [0.25, 0.3) is 0 Å². The van der Waals surface area contributed by atoms with Crippen LogP contribution in [0.5, 0.6) is 11.6 Å². The van der Waals surface area contributed by atoms with Crippen LogP contribution in [0, 0.1) is 0 Å². The lowest BCUT2D eigenvalue weighted by atomic mass is 10.2. The number of benzene rings is 2. The summed E-state index contributed by atoms with van der Waals surface area (Å²) in [4.78, 5) is 24.0. The van der Waals surface area contributed by atoms with Gasteiger partial charge in [-0.15, -0.1) is 0 Å². The number of aliphatic imine (C=N–C) groups is 1. The lowest BCUT2D eigenvalue weighted by Gasteiger charge is -2.10. The second-order valence-corrected chi connectivity index (χ2v) is 6.65. The van der Waals surface area contributed by atoms with Crippen molar-refractivity contribution in [3.63, 3.8) is 0 Å². The number of nitrogens with two attached hydrogens (primary N) is 1. The van der Waals surface area contributed by atoms with Gasteiger partial charge in [-0.05, 0) is 49.2 Å². The van der Waals surface area contributed by atoms with Crippen molar-refractivity contribution in [2.24, 2.45) is 10.7 Å². The molecule has 9 nitrogen and oxygen atoms in total. The van der Waals surface area contributed by atoms with Crippen molar-refractivity contribution in [2.75, 3.05) is 17.2 Å². The van der Waals surface area contributed by atoms with E-state index in [2.05, 4.69) is 32.3 Å². The van der Waals surface area contributed by atoms with E-state index in [0.717, 1.165) is 10.9 Å². The molecular weight excluding hydrogens is 394 g/mol. The van der Waals surface area contributed by atoms with Crippen LogP contribution in [0.4, 0.5) is 17.3 Å². The van der Waals surface area contributed by atoms with E-state index >= 15 is 0 Å². The number of anilines is 3. The van der Waals surface area contributed by atoms with E-state index < -0.39 is 0 Å². The molecule has 0 aliphatic rings. The summed E-state index contributed by atoms with van der Waals surface area (Å²) in [6.45, 7) is 3.96. The molecule has 0 unspecified atom stereocenters.